The molecule has 4 bridgehead atoms. The van der Waals surface area contributed by atoms with Gasteiger partial charge in [-0.05, 0) is 49.9 Å². The number of hydrogen-bond acceptors (Lipinski definition) is 4. The molecule has 22 heavy (non-hydrogen) atoms. The van der Waals surface area contributed by atoms with Crippen molar-refractivity contribution in [1.29, 1.82) is 0 Å². The number of hydrogen-bond donors (Lipinski definition) is 1. The summed E-state index contributed by atoms with van der Waals surface area (Å²) >= 11 is 0. The summed E-state index contributed by atoms with van der Waals surface area (Å²) in [7, 11) is 1.64. The molecule has 0 amide bonds. The second-order valence-corrected chi connectivity index (χ2v) is 7.98. The maximum absolute atomic E-state index is 13.0. The van der Waals surface area contributed by atoms with Gasteiger partial charge in [-0.1, -0.05) is 0 Å². The van der Waals surface area contributed by atoms with Crippen LogP contribution in [0.25, 0.3) is 0 Å². The Morgan fingerprint density at radius 1 is 1.27 bits per heavy atom. The van der Waals surface area contributed by atoms with Gasteiger partial charge in [-0.15, -0.1) is 0 Å². The average molecular weight is 318 g/mol. The van der Waals surface area contributed by atoms with Crippen molar-refractivity contribution in [3.8, 4) is 0 Å². The zero-order valence-electron chi connectivity index (χ0n) is 13.2. The van der Waals surface area contributed by atoms with E-state index < -0.39 is 29.5 Å². The van der Waals surface area contributed by atoms with Crippen molar-refractivity contribution in [2.75, 3.05) is 20.3 Å². The third-order valence-corrected chi connectivity index (χ3v) is 5.79. The summed E-state index contributed by atoms with van der Waals surface area (Å²) in [6.45, 7) is -0.135. The van der Waals surface area contributed by atoms with Crippen LogP contribution in [0.5, 0.6) is 0 Å². The van der Waals surface area contributed by atoms with E-state index in [-0.39, 0.29) is 17.9 Å². The zero-order chi connectivity index (χ0) is 16.2. The normalized spacial score (nSPS) is 43.4. The molecule has 0 spiro atoms. The van der Waals surface area contributed by atoms with Gasteiger partial charge in [0.1, 0.15) is 0 Å². The van der Waals surface area contributed by atoms with Gasteiger partial charge in [0.2, 0.25) is 0 Å². The van der Waals surface area contributed by atoms with Gasteiger partial charge < -0.3 is 14.6 Å². The summed E-state index contributed by atoms with van der Waals surface area (Å²) in [6, 6.07) is 0. The van der Waals surface area contributed by atoms with Crippen molar-refractivity contribution >= 4 is 5.97 Å². The van der Waals surface area contributed by atoms with E-state index in [4.69, 9.17) is 9.47 Å². The van der Waals surface area contributed by atoms with Crippen molar-refractivity contribution < 1.29 is 28.2 Å². The first-order valence-electron chi connectivity index (χ1n) is 7.87. The van der Waals surface area contributed by atoms with Gasteiger partial charge in [0, 0.05) is 20.6 Å². The van der Waals surface area contributed by atoms with Crippen LogP contribution in [0.1, 0.15) is 45.4 Å². The standard InChI is InChI=1S/C16H24F2O4/c1-13(17,18)10-22-12(20)15-4-11-3-14(6-15,9-19)7-16(5-11,8-15)21-2/h11,19H,3-10H2,1-2H3. The van der Waals surface area contributed by atoms with Crippen LogP contribution in [-0.4, -0.2) is 42.9 Å². The average Bonchev–Trinajstić information content (AvgIpc) is 2.42. The first kappa shape index (κ1) is 16.1. The summed E-state index contributed by atoms with van der Waals surface area (Å²) in [4.78, 5) is 12.6. The molecule has 6 heteroatoms. The number of ether oxygens (including phenoxy) is 2. The van der Waals surface area contributed by atoms with Gasteiger partial charge in [-0.25, -0.2) is 8.78 Å². The molecule has 126 valence electrons. The summed E-state index contributed by atoms with van der Waals surface area (Å²) < 4.78 is 36.7. The predicted octanol–water partition coefficient (Wildman–Crippen LogP) is 2.53. The van der Waals surface area contributed by atoms with E-state index in [2.05, 4.69) is 0 Å². The number of halogens is 2. The van der Waals surface area contributed by atoms with E-state index in [9.17, 15) is 18.7 Å². The molecular weight excluding hydrogens is 294 g/mol. The molecule has 4 fully saturated rings. The van der Waals surface area contributed by atoms with Gasteiger partial charge in [-0.3, -0.25) is 4.79 Å². The van der Waals surface area contributed by atoms with Crippen LogP contribution in [0.2, 0.25) is 0 Å². The molecule has 0 aromatic carbocycles. The molecule has 0 radical (unpaired) electrons. The minimum absolute atomic E-state index is 0.00752. The number of carbonyl (C=O) groups is 1. The molecule has 4 nitrogen and oxygen atoms in total. The number of carbonyl (C=O) groups excluding carboxylic acids is 1. The fourth-order valence-corrected chi connectivity index (χ4v) is 5.52. The van der Waals surface area contributed by atoms with Crippen LogP contribution in [0.4, 0.5) is 8.78 Å². The molecule has 4 aliphatic carbocycles. The number of aliphatic hydroxyl groups excluding tert-OH is 1. The number of rotatable bonds is 5. The van der Waals surface area contributed by atoms with Crippen molar-refractivity contribution in [1.82, 2.24) is 0 Å². The first-order valence-corrected chi connectivity index (χ1v) is 7.87. The maximum atomic E-state index is 13.0. The van der Waals surface area contributed by atoms with Crippen LogP contribution in [-0.2, 0) is 14.3 Å². The van der Waals surface area contributed by atoms with Crippen LogP contribution in [0, 0.1) is 16.7 Å². The van der Waals surface area contributed by atoms with Crippen molar-refractivity contribution in [2.24, 2.45) is 16.7 Å². The quantitative estimate of drug-likeness (QED) is 0.792. The van der Waals surface area contributed by atoms with Gasteiger partial charge in [0.05, 0.1) is 11.0 Å². The Hall–Kier alpha value is -0.750. The lowest BCUT2D eigenvalue weighted by molar-refractivity contribution is -0.233. The Morgan fingerprint density at radius 2 is 2.00 bits per heavy atom. The Balaban J connectivity index is 1.85. The molecular formula is C16H24F2O4. The second kappa shape index (κ2) is 4.87. The summed E-state index contributed by atoms with van der Waals surface area (Å²) in [5, 5.41) is 9.87. The molecule has 0 saturated heterocycles. The highest BCUT2D eigenvalue weighted by Crippen LogP contribution is 2.67. The molecule has 0 heterocycles. The van der Waals surface area contributed by atoms with Gasteiger partial charge in [-0.2, -0.15) is 0 Å². The molecule has 1 N–H and O–H groups in total. The highest BCUT2D eigenvalue weighted by molar-refractivity contribution is 5.78. The molecule has 4 aliphatic rings. The topological polar surface area (TPSA) is 55.8 Å². The number of aliphatic hydroxyl groups is 1. The Bertz CT molecular complexity index is 453. The predicted molar refractivity (Wildman–Crippen MR) is 74.5 cm³/mol. The van der Waals surface area contributed by atoms with E-state index in [0.717, 1.165) is 26.2 Å². The van der Waals surface area contributed by atoms with Crippen LogP contribution in [0.3, 0.4) is 0 Å². The van der Waals surface area contributed by atoms with Crippen LogP contribution in [0.15, 0.2) is 0 Å². The fraction of sp³-hybridized carbons (Fsp3) is 0.938. The summed E-state index contributed by atoms with van der Waals surface area (Å²) in [5.74, 6) is -3.28. The lowest BCUT2D eigenvalue weighted by atomic mass is 9.43. The second-order valence-electron chi connectivity index (χ2n) is 7.98. The third-order valence-electron chi connectivity index (χ3n) is 5.79. The first-order chi connectivity index (χ1) is 10.2. The summed E-state index contributed by atoms with van der Waals surface area (Å²) in [5.41, 5.74) is -1.53. The van der Waals surface area contributed by atoms with Crippen LogP contribution < -0.4 is 0 Å². The number of alkyl halides is 2. The van der Waals surface area contributed by atoms with Gasteiger partial charge in [0.25, 0.3) is 5.92 Å². The van der Waals surface area contributed by atoms with Gasteiger partial charge in [0.15, 0.2) is 6.61 Å². The Kier molecular flexibility index (Phi) is 3.57. The highest BCUT2D eigenvalue weighted by atomic mass is 19.3. The minimum Gasteiger partial charge on any atom is -0.459 e. The van der Waals surface area contributed by atoms with Crippen molar-refractivity contribution in [3.05, 3.63) is 0 Å². The molecule has 0 aromatic rings. The zero-order valence-corrected chi connectivity index (χ0v) is 13.2. The van der Waals surface area contributed by atoms with Crippen LogP contribution >= 0.6 is 0 Å². The smallest absolute Gasteiger partial charge is 0.312 e. The minimum atomic E-state index is -3.02. The molecule has 4 rings (SSSR count). The number of methoxy groups -OCH3 is 1. The van der Waals surface area contributed by atoms with Gasteiger partial charge >= 0.3 is 5.97 Å². The molecule has 4 atom stereocenters. The van der Waals surface area contributed by atoms with E-state index >= 15 is 0 Å². The SMILES string of the molecule is COC12CC3CC(CO)(C1)CC(C(=O)OCC(C)(F)F)(C3)C2. The maximum Gasteiger partial charge on any atom is 0.312 e. The molecule has 0 aromatic heterocycles. The molecule has 0 aliphatic heterocycles. The lowest BCUT2D eigenvalue weighted by Gasteiger charge is -2.64. The Labute approximate surface area is 129 Å². The summed E-state index contributed by atoms with van der Waals surface area (Å²) in [6.07, 6.45) is 4.20. The lowest BCUT2D eigenvalue weighted by Crippen LogP contribution is -2.64. The Morgan fingerprint density at radius 3 is 2.59 bits per heavy atom. The van der Waals surface area contributed by atoms with Crippen molar-refractivity contribution in [2.45, 2.75) is 57.0 Å². The van der Waals surface area contributed by atoms with E-state index in [1.165, 1.54) is 0 Å². The highest BCUT2D eigenvalue weighted by Gasteiger charge is 2.66. The largest absolute Gasteiger partial charge is 0.459 e. The molecule has 4 unspecified atom stereocenters. The fourth-order valence-electron chi connectivity index (χ4n) is 5.52. The third kappa shape index (κ3) is 2.54. The van der Waals surface area contributed by atoms with E-state index in [1.807, 2.05) is 0 Å². The monoisotopic (exact) mass is 318 g/mol. The van der Waals surface area contributed by atoms with E-state index in [1.54, 1.807) is 7.11 Å². The number of esters is 1. The van der Waals surface area contributed by atoms with Crippen molar-refractivity contribution in [3.63, 3.8) is 0 Å². The van der Waals surface area contributed by atoms with E-state index in [0.29, 0.717) is 19.3 Å². The molecule has 4 saturated carbocycles.